The number of aromatic nitrogens is 1. The number of β-amino-alcohol motifs (C(OH)–C–C–N with tert-alkyl or cyclic N) is 1. The summed E-state index contributed by atoms with van der Waals surface area (Å²) in [5.74, 6) is 0.863. The van der Waals surface area contributed by atoms with Crippen LogP contribution in [-0.4, -0.2) is 169 Å². The van der Waals surface area contributed by atoms with Crippen molar-refractivity contribution in [3.63, 3.8) is 0 Å². The maximum Gasteiger partial charge on any atom is 0.222 e. The molecule has 63 heavy (non-hydrogen) atoms. The first-order valence-corrected chi connectivity index (χ1v) is 22.5. The third-order valence-corrected chi connectivity index (χ3v) is 13.1. The summed E-state index contributed by atoms with van der Waals surface area (Å²) in [5.41, 5.74) is 4.29. The number of halogens is 2. The van der Waals surface area contributed by atoms with Crippen LogP contribution in [0.5, 0.6) is 5.75 Å². The number of hydrogen-bond donors (Lipinski definition) is 8. The van der Waals surface area contributed by atoms with Crippen LogP contribution in [-0.2, 0) is 37.6 Å². The standard InChI is InChI=1S/C45H59Cl2N3O13/c46-32-20-27(25-60-45(12-13-45)31-21-48-14-11-29(31)30-6-2-3-7-36(30)61-28-9-10-28)33(47)19-26(32)5-1-4-8-38(55)50-17-15-49(16-18-50)22-34(53)39(56)43(35(54)23-51)63-44-42(59)41(58)40(57)37(24-52)62-44/h2-3,6-7,11,14,19-21,28,34-35,37,39-44,51-54,56-59H,1,4-5,8-10,12-13,15-18,22-25H2/t34?,35?,37-,39?,40+,41+,42-,43?,44+/m1/s1. The first-order valence-electron chi connectivity index (χ1n) is 21.7. The van der Waals surface area contributed by atoms with Gasteiger partial charge in [0.25, 0.3) is 0 Å². The summed E-state index contributed by atoms with van der Waals surface area (Å²) >= 11 is 13.6. The summed E-state index contributed by atoms with van der Waals surface area (Å²) in [5, 5.41) is 83.0. The number of ether oxygens (including phenoxy) is 4. The van der Waals surface area contributed by atoms with E-state index in [9.17, 15) is 45.6 Å². The van der Waals surface area contributed by atoms with Gasteiger partial charge in [-0.3, -0.25) is 14.7 Å². The molecule has 7 rings (SSSR count). The van der Waals surface area contributed by atoms with E-state index in [1.807, 2.05) is 47.5 Å². The fraction of sp³-hybridized carbons (Fsp3) is 0.600. The number of pyridine rings is 1. The first kappa shape index (κ1) is 47.9. The van der Waals surface area contributed by atoms with Crippen molar-refractivity contribution in [2.75, 3.05) is 45.9 Å². The molecule has 1 aromatic heterocycles. The molecule has 4 aliphatic rings. The maximum absolute atomic E-state index is 13.1. The maximum atomic E-state index is 13.1. The lowest BCUT2D eigenvalue weighted by Gasteiger charge is -2.42. The molecule has 2 aliphatic heterocycles. The Morgan fingerprint density at radius 2 is 1.60 bits per heavy atom. The molecule has 2 saturated heterocycles. The highest BCUT2D eigenvalue weighted by Gasteiger charge is 2.49. The SMILES string of the molecule is O=C(CCCCc1cc(Cl)c(COC2(c3cnccc3-c3ccccc3OC3CC3)CC2)cc1Cl)N1CCN(CC(O)C(O)C(O[C@@H]2O[C@H](CO)[C@H](O)[C@H](O)[C@H]2O)C(O)CO)CC1. The predicted molar refractivity (Wildman–Crippen MR) is 230 cm³/mol. The van der Waals surface area contributed by atoms with Crippen molar-refractivity contribution in [3.05, 3.63) is 81.6 Å². The van der Waals surface area contributed by atoms with Crippen LogP contribution in [0, 0.1) is 0 Å². The Morgan fingerprint density at radius 3 is 2.30 bits per heavy atom. The van der Waals surface area contributed by atoms with Crippen molar-refractivity contribution in [2.45, 2.75) is 125 Å². The Bertz CT molecular complexity index is 1980. The zero-order valence-electron chi connectivity index (χ0n) is 35.0. The predicted octanol–water partition coefficient (Wildman–Crippen LogP) is 1.92. The fourth-order valence-corrected chi connectivity index (χ4v) is 8.78. The molecule has 1 amide bonds. The van der Waals surface area contributed by atoms with E-state index in [-0.39, 0.29) is 25.2 Å². The highest BCUT2D eigenvalue weighted by Crippen LogP contribution is 2.53. The summed E-state index contributed by atoms with van der Waals surface area (Å²) in [6, 6.07) is 13.9. The van der Waals surface area contributed by atoms with Crippen LogP contribution >= 0.6 is 23.2 Å². The molecule has 16 nitrogen and oxygen atoms in total. The van der Waals surface area contributed by atoms with Crippen molar-refractivity contribution in [1.29, 1.82) is 0 Å². The van der Waals surface area contributed by atoms with Gasteiger partial charge in [-0.1, -0.05) is 41.4 Å². The quantitative estimate of drug-likeness (QED) is 0.0714. The number of aliphatic hydroxyl groups is 8. The van der Waals surface area contributed by atoms with E-state index in [1.54, 1.807) is 11.1 Å². The molecule has 18 heteroatoms. The van der Waals surface area contributed by atoms with Gasteiger partial charge >= 0.3 is 0 Å². The number of carbonyl (C=O) groups is 1. The Balaban J connectivity index is 0.844. The Kier molecular flexibility index (Phi) is 16.4. The molecular weight excluding hydrogens is 861 g/mol. The van der Waals surface area contributed by atoms with Gasteiger partial charge in [0.1, 0.15) is 48.5 Å². The van der Waals surface area contributed by atoms with Gasteiger partial charge in [-0.15, -0.1) is 0 Å². The molecule has 0 bridgehead atoms. The number of unbranched alkanes of at least 4 members (excludes halogenated alkanes) is 1. The van der Waals surface area contributed by atoms with E-state index >= 15 is 0 Å². The van der Waals surface area contributed by atoms with Gasteiger partial charge in [-0.05, 0) is 85.9 Å². The van der Waals surface area contributed by atoms with Crippen molar-refractivity contribution in [2.24, 2.45) is 0 Å². The monoisotopic (exact) mass is 919 g/mol. The highest BCUT2D eigenvalue weighted by molar-refractivity contribution is 6.34. The molecule has 2 aromatic carbocycles. The minimum absolute atomic E-state index is 0.00405. The van der Waals surface area contributed by atoms with Gasteiger partial charge in [0, 0.05) is 72.7 Å². The van der Waals surface area contributed by atoms with Gasteiger partial charge in [0.2, 0.25) is 5.91 Å². The highest BCUT2D eigenvalue weighted by atomic mass is 35.5. The van der Waals surface area contributed by atoms with Crippen LogP contribution in [0.2, 0.25) is 10.0 Å². The third-order valence-electron chi connectivity index (χ3n) is 12.4. The zero-order chi connectivity index (χ0) is 44.8. The number of piperazine rings is 1. The second kappa shape index (κ2) is 21.5. The summed E-state index contributed by atoms with van der Waals surface area (Å²) in [7, 11) is 0. The van der Waals surface area contributed by atoms with Crippen LogP contribution in [0.15, 0.2) is 54.9 Å². The number of aryl methyl sites for hydroxylation is 1. The average molecular weight is 921 g/mol. The fourth-order valence-electron chi connectivity index (χ4n) is 8.26. The lowest BCUT2D eigenvalue weighted by molar-refractivity contribution is -0.327. The second-order valence-electron chi connectivity index (χ2n) is 17.0. The number of nitrogens with zero attached hydrogens (tertiary/aromatic N) is 3. The third kappa shape index (κ3) is 11.7. The number of rotatable bonds is 21. The lowest BCUT2D eigenvalue weighted by Crippen LogP contribution is -2.62. The van der Waals surface area contributed by atoms with E-state index in [1.165, 1.54) is 0 Å². The number of benzene rings is 2. The Morgan fingerprint density at radius 1 is 0.889 bits per heavy atom. The van der Waals surface area contributed by atoms with Crippen LogP contribution < -0.4 is 4.74 Å². The zero-order valence-corrected chi connectivity index (χ0v) is 36.5. The van der Waals surface area contributed by atoms with Gasteiger partial charge in [-0.2, -0.15) is 0 Å². The molecule has 9 atom stereocenters. The smallest absolute Gasteiger partial charge is 0.222 e. The number of carbonyl (C=O) groups excluding carboxylic acids is 1. The number of hydrogen-bond acceptors (Lipinski definition) is 15. The Labute approximate surface area is 376 Å². The second-order valence-corrected chi connectivity index (χ2v) is 17.9. The molecular formula is C45H59Cl2N3O13. The minimum atomic E-state index is -1.82. The molecule has 3 aromatic rings. The molecule has 4 unspecified atom stereocenters. The van der Waals surface area contributed by atoms with E-state index in [4.69, 9.17) is 42.1 Å². The summed E-state index contributed by atoms with van der Waals surface area (Å²) in [4.78, 5) is 21.2. The normalized spacial score (nSPS) is 25.6. The van der Waals surface area contributed by atoms with Gasteiger partial charge in [-0.25, -0.2) is 0 Å². The van der Waals surface area contributed by atoms with Crippen LogP contribution in [0.3, 0.4) is 0 Å². The van der Waals surface area contributed by atoms with Crippen LogP contribution in [0.4, 0.5) is 0 Å². The summed E-state index contributed by atoms with van der Waals surface area (Å²) in [6.07, 6.45) is -4.81. The Hall–Kier alpha value is -3.04. The molecule has 4 fully saturated rings. The van der Waals surface area contributed by atoms with E-state index < -0.39 is 73.9 Å². The van der Waals surface area contributed by atoms with Gasteiger partial charge in [0.05, 0.1) is 37.6 Å². The van der Waals surface area contributed by atoms with Gasteiger partial charge in [0.15, 0.2) is 6.29 Å². The van der Waals surface area contributed by atoms with E-state index in [0.29, 0.717) is 61.9 Å². The van der Waals surface area contributed by atoms with Crippen LogP contribution in [0.1, 0.15) is 61.6 Å². The molecule has 2 aliphatic carbocycles. The summed E-state index contributed by atoms with van der Waals surface area (Å²) in [6.45, 7) is 0.188. The van der Waals surface area contributed by atoms with Crippen molar-refractivity contribution in [3.8, 4) is 16.9 Å². The topological polar surface area (TPSA) is 235 Å². The molecule has 0 radical (unpaired) electrons. The van der Waals surface area contributed by atoms with E-state index in [0.717, 1.165) is 59.3 Å². The van der Waals surface area contributed by atoms with Crippen molar-refractivity contribution in [1.82, 2.24) is 14.8 Å². The van der Waals surface area contributed by atoms with Gasteiger partial charge < -0.3 is 64.7 Å². The molecule has 346 valence electrons. The number of aliphatic hydroxyl groups excluding tert-OH is 8. The first-order chi connectivity index (χ1) is 30.3. The summed E-state index contributed by atoms with van der Waals surface area (Å²) < 4.78 is 23.7. The largest absolute Gasteiger partial charge is 0.490 e. The molecule has 0 spiro atoms. The van der Waals surface area contributed by atoms with E-state index in [2.05, 4.69) is 11.1 Å². The minimum Gasteiger partial charge on any atom is -0.490 e. The molecule has 3 heterocycles. The van der Waals surface area contributed by atoms with Crippen molar-refractivity contribution < 1.29 is 64.6 Å². The average Bonchev–Trinajstić information content (AvgIpc) is 4.25. The number of para-hydroxylation sites is 1. The van der Waals surface area contributed by atoms with Crippen LogP contribution in [0.25, 0.3) is 11.1 Å². The lowest BCUT2D eigenvalue weighted by atomic mass is 9.96. The number of amides is 1. The molecule has 2 saturated carbocycles. The molecule has 8 N–H and O–H groups in total. The van der Waals surface area contributed by atoms with Crippen molar-refractivity contribution >= 4 is 29.1 Å².